The van der Waals surface area contributed by atoms with Gasteiger partial charge in [0.15, 0.2) is 6.39 Å². The Kier molecular flexibility index (Phi) is 3.51. The lowest BCUT2D eigenvalue weighted by molar-refractivity contribution is 0.222. The van der Waals surface area contributed by atoms with E-state index < -0.39 is 0 Å². The van der Waals surface area contributed by atoms with Gasteiger partial charge in [-0.05, 0) is 0 Å². The lowest BCUT2D eigenvalue weighted by Gasteiger charge is -2.26. The minimum Gasteiger partial charge on any atom is -0.447 e. The maximum absolute atomic E-state index is 12.4. The van der Waals surface area contributed by atoms with E-state index in [-0.39, 0.29) is 5.56 Å². The highest BCUT2D eigenvalue weighted by Gasteiger charge is 2.22. The van der Waals surface area contributed by atoms with Crippen molar-refractivity contribution in [3.8, 4) is 11.4 Å². The normalized spacial score (nSPS) is 14.6. The minimum atomic E-state index is -0.0591. The minimum absolute atomic E-state index is 0.0591. The molecule has 0 spiro atoms. The van der Waals surface area contributed by atoms with Gasteiger partial charge in [0.2, 0.25) is 0 Å². The van der Waals surface area contributed by atoms with Crippen LogP contribution in [0.15, 0.2) is 52.1 Å². The van der Waals surface area contributed by atoms with Crippen LogP contribution in [0.4, 0.5) is 0 Å². The van der Waals surface area contributed by atoms with Gasteiger partial charge in [-0.25, -0.2) is 9.97 Å². The molecular formula is C17H16N4O2. The molecule has 3 heterocycles. The number of nitrogens with one attached hydrogen (secondary N) is 1. The zero-order valence-electron chi connectivity index (χ0n) is 12.5. The SMILES string of the molecule is O=c1[nH]c(-c2ccccc2)nc2c1CN(Cc1cnco1)CC2. The average Bonchev–Trinajstić information content (AvgIpc) is 3.09. The molecular weight excluding hydrogens is 292 g/mol. The molecule has 1 aliphatic heterocycles. The highest BCUT2D eigenvalue weighted by atomic mass is 16.3. The van der Waals surface area contributed by atoms with Crippen molar-refractivity contribution in [3.05, 3.63) is 70.3 Å². The van der Waals surface area contributed by atoms with Crippen molar-refractivity contribution in [1.82, 2.24) is 19.9 Å². The third-order valence-corrected chi connectivity index (χ3v) is 4.06. The highest BCUT2D eigenvalue weighted by Crippen LogP contribution is 2.19. The molecule has 0 bridgehead atoms. The summed E-state index contributed by atoms with van der Waals surface area (Å²) in [5.41, 5.74) is 2.50. The first kappa shape index (κ1) is 13.9. The largest absolute Gasteiger partial charge is 0.447 e. The van der Waals surface area contributed by atoms with Crippen molar-refractivity contribution in [2.75, 3.05) is 6.54 Å². The van der Waals surface area contributed by atoms with E-state index in [1.165, 1.54) is 6.39 Å². The molecule has 0 unspecified atom stereocenters. The van der Waals surface area contributed by atoms with E-state index in [4.69, 9.17) is 4.42 Å². The number of hydrogen-bond donors (Lipinski definition) is 1. The predicted molar refractivity (Wildman–Crippen MR) is 84.6 cm³/mol. The van der Waals surface area contributed by atoms with Gasteiger partial charge in [-0.15, -0.1) is 0 Å². The predicted octanol–water partition coefficient (Wildman–Crippen LogP) is 1.98. The van der Waals surface area contributed by atoms with E-state index in [9.17, 15) is 4.79 Å². The third-order valence-electron chi connectivity index (χ3n) is 4.06. The number of rotatable bonds is 3. The number of aromatic nitrogens is 3. The van der Waals surface area contributed by atoms with Crippen LogP contribution in [0.5, 0.6) is 0 Å². The van der Waals surface area contributed by atoms with Crippen molar-refractivity contribution in [2.24, 2.45) is 0 Å². The Labute approximate surface area is 132 Å². The summed E-state index contributed by atoms with van der Waals surface area (Å²) in [7, 11) is 0. The topological polar surface area (TPSA) is 75.0 Å². The number of H-pyrrole nitrogens is 1. The highest BCUT2D eigenvalue weighted by molar-refractivity contribution is 5.54. The summed E-state index contributed by atoms with van der Waals surface area (Å²) in [5, 5.41) is 0. The van der Waals surface area contributed by atoms with Gasteiger partial charge in [-0.2, -0.15) is 0 Å². The zero-order chi connectivity index (χ0) is 15.6. The maximum Gasteiger partial charge on any atom is 0.255 e. The Hall–Kier alpha value is -2.73. The van der Waals surface area contributed by atoms with E-state index >= 15 is 0 Å². The molecule has 6 nitrogen and oxygen atoms in total. The smallest absolute Gasteiger partial charge is 0.255 e. The molecule has 23 heavy (non-hydrogen) atoms. The number of aromatic amines is 1. The first-order valence-electron chi connectivity index (χ1n) is 7.57. The molecule has 1 aliphatic rings. The van der Waals surface area contributed by atoms with Crippen LogP contribution in [0, 0.1) is 0 Å². The van der Waals surface area contributed by atoms with Crippen LogP contribution < -0.4 is 5.56 Å². The van der Waals surface area contributed by atoms with Gasteiger partial charge in [-0.1, -0.05) is 30.3 Å². The van der Waals surface area contributed by atoms with Gasteiger partial charge in [0.25, 0.3) is 5.56 Å². The number of benzene rings is 1. The summed E-state index contributed by atoms with van der Waals surface area (Å²) in [4.78, 5) is 26.1. The van der Waals surface area contributed by atoms with Crippen LogP contribution in [0.2, 0.25) is 0 Å². The van der Waals surface area contributed by atoms with Crippen molar-refractivity contribution in [2.45, 2.75) is 19.5 Å². The van der Waals surface area contributed by atoms with Gasteiger partial charge in [-0.3, -0.25) is 9.69 Å². The van der Waals surface area contributed by atoms with E-state index in [1.54, 1.807) is 6.20 Å². The lowest BCUT2D eigenvalue weighted by Crippen LogP contribution is -2.35. The van der Waals surface area contributed by atoms with E-state index in [0.717, 1.165) is 35.5 Å². The van der Waals surface area contributed by atoms with Crippen LogP contribution in [0.1, 0.15) is 17.0 Å². The maximum atomic E-state index is 12.4. The Morgan fingerprint density at radius 1 is 1.26 bits per heavy atom. The Morgan fingerprint density at radius 3 is 2.91 bits per heavy atom. The lowest BCUT2D eigenvalue weighted by atomic mass is 10.1. The molecule has 0 radical (unpaired) electrons. The molecule has 0 aliphatic carbocycles. The number of fused-ring (bicyclic) bond motifs is 1. The van der Waals surface area contributed by atoms with Gasteiger partial charge >= 0.3 is 0 Å². The second kappa shape index (κ2) is 5.81. The van der Waals surface area contributed by atoms with Crippen LogP contribution in [0.25, 0.3) is 11.4 Å². The molecule has 4 rings (SSSR count). The van der Waals surface area contributed by atoms with Crippen molar-refractivity contribution in [3.63, 3.8) is 0 Å². The summed E-state index contributed by atoms with van der Waals surface area (Å²) >= 11 is 0. The fourth-order valence-electron chi connectivity index (χ4n) is 2.89. The number of nitrogens with zero attached hydrogens (tertiary/aromatic N) is 3. The summed E-state index contributed by atoms with van der Waals surface area (Å²) < 4.78 is 5.28. The van der Waals surface area contributed by atoms with E-state index in [0.29, 0.717) is 18.9 Å². The fraction of sp³-hybridized carbons (Fsp3) is 0.235. The summed E-state index contributed by atoms with van der Waals surface area (Å²) in [5.74, 6) is 1.44. The van der Waals surface area contributed by atoms with Gasteiger partial charge < -0.3 is 9.40 Å². The van der Waals surface area contributed by atoms with E-state index in [1.807, 2.05) is 30.3 Å². The first-order valence-corrected chi connectivity index (χ1v) is 7.57. The van der Waals surface area contributed by atoms with Crippen LogP contribution >= 0.6 is 0 Å². The Morgan fingerprint density at radius 2 is 2.13 bits per heavy atom. The first-order chi connectivity index (χ1) is 11.3. The van der Waals surface area contributed by atoms with Crippen molar-refractivity contribution in [1.29, 1.82) is 0 Å². The number of hydrogen-bond acceptors (Lipinski definition) is 5. The second-order valence-corrected chi connectivity index (χ2v) is 5.63. The molecule has 0 saturated heterocycles. The second-order valence-electron chi connectivity index (χ2n) is 5.63. The number of oxazole rings is 1. The molecule has 0 fully saturated rings. The molecule has 2 aromatic heterocycles. The van der Waals surface area contributed by atoms with E-state index in [2.05, 4.69) is 19.9 Å². The van der Waals surface area contributed by atoms with Crippen molar-refractivity contribution < 1.29 is 4.42 Å². The summed E-state index contributed by atoms with van der Waals surface area (Å²) in [6.45, 7) is 2.07. The van der Waals surface area contributed by atoms with Crippen LogP contribution in [0.3, 0.4) is 0 Å². The van der Waals surface area contributed by atoms with Crippen LogP contribution in [-0.2, 0) is 19.5 Å². The van der Waals surface area contributed by atoms with Crippen molar-refractivity contribution >= 4 is 0 Å². The zero-order valence-corrected chi connectivity index (χ0v) is 12.5. The molecule has 6 heteroatoms. The average molecular weight is 308 g/mol. The Bertz CT molecular complexity index is 856. The standard InChI is InChI=1S/C17H16N4O2/c22-17-14-10-21(9-13-8-18-11-23-13)7-6-15(14)19-16(20-17)12-4-2-1-3-5-12/h1-5,8,11H,6-7,9-10H2,(H,19,20,22). The van der Waals surface area contributed by atoms with Gasteiger partial charge in [0.05, 0.1) is 24.0 Å². The summed E-state index contributed by atoms with van der Waals surface area (Å²) in [6.07, 6.45) is 3.89. The van der Waals surface area contributed by atoms with Crippen LogP contribution in [-0.4, -0.2) is 26.4 Å². The fourth-order valence-corrected chi connectivity index (χ4v) is 2.89. The molecule has 0 amide bonds. The molecule has 1 N–H and O–H groups in total. The summed E-state index contributed by atoms with van der Waals surface area (Å²) in [6, 6.07) is 9.72. The Balaban J connectivity index is 1.62. The molecule has 0 saturated carbocycles. The molecule has 116 valence electrons. The van der Waals surface area contributed by atoms with Gasteiger partial charge in [0, 0.05) is 25.1 Å². The third kappa shape index (κ3) is 2.80. The quantitative estimate of drug-likeness (QED) is 0.801. The molecule has 0 atom stereocenters. The van der Waals surface area contributed by atoms with Gasteiger partial charge in [0.1, 0.15) is 11.6 Å². The monoisotopic (exact) mass is 308 g/mol. The molecule has 1 aromatic carbocycles. The molecule has 3 aromatic rings.